The number of aromatic amines is 2. The number of nitrogens with one attached hydrogen (secondary N) is 2. The van der Waals surface area contributed by atoms with Crippen molar-refractivity contribution in [1.82, 2.24) is 19.9 Å². The van der Waals surface area contributed by atoms with E-state index in [1.54, 1.807) is 0 Å². The van der Waals surface area contributed by atoms with E-state index >= 15 is 0 Å². The smallest absolute Gasteiger partial charge is 0.0659 e. The predicted molar refractivity (Wildman–Crippen MR) is 107 cm³/mol. The summed E-state index contributed by atoms with van der Waals surface area (Å²) >= 11 is 0. The van der Waals surface area contributed by atoms with Gasteiger partial charge in [0.25, 0.3) is 0 Å². The van der Waals surface area contributed by atoms with E-state index in [0.29, 0.717) is 0 Å². The van der Waals surface area contributed by atoms with Crippen LogP contribution in [0.15, 0.2) is 48.5 Å². The summed E-state index contributed by atoms with van der Waals surface area (Å²) in [6, 6.07) is 16.4. The van der Waals surface area contributed by atoms with E-state index in [9.17, 15) is 0 Å². The Morgan fingerprint density at radius 3 is 1.30 bits per heavy atom. The Labute approximate surface area is 167 Å². The molecule has 5 rings (SSSR count). The Bertz CT molecular complexity index is 1080. The van der Waals surface area contributed by atoms with Crippen LogP contribution in [0.25, 0.3) is 46.4 Å². The molecule has 3 aromatic heterocycles. The van der Waals surface area contributed by atoms with Gasteiger partial charge in [0.15, 0.2) is 0 Å². The number of nitrogens with zero attached hydrogens (tertiary/aromatic N) is 2. The van der Waals surface area contributed by atoms with E-state index in [2.05, 4.69) is 50.3 Å². The first-order chi connectivity index (χ1) is 12.8. The minimum atomic E-state index is 0. The van der Waals surface area contributed by atoms with Gasteiger partial charge < -0.3 is 15.1 Å². The Balaban J connectivity index is 0.000000680. The average Bonchev–Trinajstić information content (AvgIpc) is 3.42. The molecule has 0 spiro atoms. The predicted octanol–water partition coefficient (Wildman–Crippen LogP) is 4.26. The molecule has 0 aromatic carbocycles. The van der Waals surface area contributed by atoms with Crippen molar-refractivity contribution in [3.05, 3.63) is 71.3 Å². The Kier molecular flexibility index (Phi) is 5.72. The number of hydrogen-bond acceptors (Lipinski definition) is 3. The molecule has 5 heterocycles. The first-order valence-corrected chi connectivity index (χ1v) is 8.29. The topological polar surface area (TPSA) is 77.6 Å². The van der Waals surface area contributed by atoms with Gasteiger partial charge in [-0.05, 0) is 72.8 Å². The first-order valence-electron chi connectivity index (χ1n) is 8.29. The second kappa shape index (κ2) is 8.18. The number of aliphatic hydroxyl groups is 1. The quantitative estimate of drug-likeness (QED) is 0.337. The van der Waals surface area contributed by atoms with Crippen LogP contribution < -0.4 is 0 Å². The molecule has 0 aliphatic carbocycles. The van der Waals surface area contributed by atoms with E-state index in [1.165, 1.54) is 0 Å². The third kappa shape index (κ3) is 4.26. The molecule has 0 saturated heterocycles. The third-order valence-electron chi connectivity index (χ3n) is 4.04. The van der Waals surface area contributed by atoms with Crippen LogP contribution in [0.3, 0.4) is 0 Å². The fourth-order valence-electron chi connectivity index (χ4n) is 2.94. The molecule has 6 heteroatoms. The molecule has 27 heavy (non-hydrogen) atoms. The van der Waals surface area contributed by atoms with E-state index in [-0.39, 0.29) is 17.1 Å². The van der Waals surface area contributed by atoms with E-state index in [0.717, 1.165) is 52.0 Å². The second-order valence-corrected chi connectivity index (χ2v) is 5.91. The molecule has 2 aliphatic rings. The van der Waals surface area contributed by atoms with Gasteiger partial charge in [0.2, 0.25) is 0 Å². The monoisotopic (exact) mass is 405 g/mol. The van der Waals surface area contributed by atoms with Crippen LogP contribution in [0.4, 0.5) is 0 Å². The van der Waals surface area contributed by atoms with Gasteiger partial charge in [-0.3, -0.25) is 0 Å². The summed E-state index contributed by atoms with van der Waals surface area (Å²) in [7, 11) is 1.00. The molecular weight excluding hydrogens is 388 g/mol. The van der Waals surface area contributed by atoms with Crippen LogP contribution in [-0.2, 0) is 17.1 Å². The third-order valence-corrected chi connectivity index (χ3v) is 4.04. The van der Waals surface area contributed by atoms with Crippen molar-refractivity contribution in [2.24, 2.45) is 0 Å². The van der Waals surface area contributed by atoms with Crippen LogP contribution >= 0.6 is 0 Å². The zero-order valence-corrected chi connectivity index (χ0v) is 15.5. The number of H-pyrrole nitrogens is 2. The summed E-state index contributed by atoms with van der Waals surface area (Å²) < 4.78 is 0. The van der Waals surface area contributed by atoms with Crippen LogP contribution in [0, 0.1) is 0 Å². The van der Waals surface area contributed by atoms with Crippen molar-refractivity contribution >= 4 is 46.4 Å². The number of hydrogen-bond donors (Lipinski definition) is 3. The second-order valence-electron chi connectivity index (χ2n) is 5.91. The Morgan fingerprint density at radius 1 is 0.556 bits per heavy atom. The molecule has 0 amide bonds. The summed E-state index contributed by atoms with van der Waals surface area (Å²) in [4.78, 5) is 16.0. The van der Waals surface area contributed by atoms with Gasteiger partial charge in [-0.2, -0.15) is 0 Å². The minimum absolute atomic E-state index is 0. The first kappa shape index (κ1) is 18.9. The molecule has 0 saturated carbocycles. The SMILES string of the molecule is C1=Cc2cc3ccc(cc4ccc(cc5nc(cc1n2)C=C5)[nH]4)[nH]3.CO.[Cu]. The van der Waals surface area contributed by atoms with Gasteiger partial charge in [-0.25, -0.2) is 9.97 Å². The Morgan fingerprint density at radius 2 is 0.889 bits per heavy atom. The average molecular weight is 406 g/mol. The molecule has 0 unspecified atom stereocenters. The molecule has 0 atom stereocenters. The zero-order chi connectivity index (χ0) is 17.9. The molecule has 0 fully saturated rings. The normalized spacial score (nSPS) is 11.5. The summed E-state index contributed by atoms with van der Waals surface area (Å²) in [5, 5.41) is 7.00. The van der Waals surface area contributed by atoms with Gasteiger partial charge in [0.05, 0.1) is 22.8 Å². The van der Waals surface area contributed by atoms with Crippen LogP contribution in [-0.4, -0.2) is 32.2 Å². The number of aliphatic hydroxyl groups excluding tert-OH is 1. The van der Waals surface area contributed by atoms with Gasteiger partial charge in [0, 0.05) is 46.2 Å². The Hall–Kier alpha value is -2.92. The minimum Gasteiger partial charge on any atom is -0.400 e. The van der Waals surface area contributed by atoms with E-state index < -0.39 is 0 Å². The molecule has 2 aliphatic heterocycles. The number of rotatable bonds is 0. The summed E-state index contributed by atoms with van der Waals surface area (Å²) in [5.41, 5.74) is 7.86. The van der Waals surface area contributed by atoms with E-state index in [4.69, 9.17) is 5.11 Å². The molecule has 1 radical (unpaired) electrons. The van der Waals surface area contributed by atoms with Crippen LogP contribution in [0.5, 0.6) is 0 Å². The van der Waals surface area contributed by atoms with Crippen LogP contribution in [0.2, 0.25) is 0 Å². The van der Waals surface area contributed by atoms with Gasteiger partial charge in [-0.15, -0.1) is 0 Å². The standard InChI is InChI=1S/C20H14N4.CH4O.Cu/c1-2-14-10-16-5-6-18(23-16)12-20-8-7-19(24-20)11-17-4-3-15(22-17)9-13(1)21-14;1-2;/h1-12,21-22H;2H,1H3;. The van der Waals surface area contributed by atoms with Gasteiger partial charge in [0.1, 0.15) is 0 Å². The zero-order valence-electron chi connectivity index (χ0n) is 14.6. The van der Waals surface area contributed by atoms with Crippen molar-refractivity contribution in [3.63, 3.8) is 0 Å². The molecule has 3 aromatic rings. The fraction of sp³-hybridized carbons (Fsp3) is 0.0476. The largest absolute Gasteiger partial charge is 0.400 e. The fourth-order valence-corrected chi connectivity index (χ4v) is 2.94. The van der Waals surface area contributed by atoms with Crippen molar-refractivity contribution in [1.29, 1.82) is 0 Å². The maximum absolute atomic E-state index is 7.00. The van der Waals surface area contributed by atoms with Crippen LogP contribution in [0.1, 0.15) is 22.8 Å². The van der Waals surface area contributed by atoms with Gasteiger partial charge >= 0.3 is 0 Å². The molecule has 139 valence electrons. The molecule has 3 N–H and O–H groups in total. The molecular formula is C21H18CuN4O. The summed E-state index contributed by atoms with van der Waals surface area (Å²) in [6.45, 7) is 0. The number of fused-ring (bicyclic) bond motifs is 8. The summed E-state index contributed by atoms with van der Waals surface area (Å²) in [6.07, 6.45) is 8.05. The maximum Gasteiger partial charge on any atom is 0.0659 e. The maximum atomic E-state index is 7.00. The van der Waals surface area contributed by atoms with E-state index in [1.807, 2.05) is 42.5 Å². The number of aromatic nitrogens is 4. The summed E-state index contributed by atoms with van der Waals surface area (Å²) in [5.74, 6) is 0. The molecule has 5 nitrogen and oxygen atoms in total. The van der Waals surface area contributed by atoms with Crippen molar-refractivity contribution in [2.75, 3.05) is 7.11 Å². The van der Waals surface area contributed by atoms with Crippen molar-refractivity contribution < 1.29 is 22.2 Å². The van der Waals surface area contributed by atoms with Gasteiger partial charge in [-0.1, -0.05) is 0 Å². The molecule has 8 bridgehead atoms. The van der Waals surface area contributed by atoms with Crippen molar-refractivity contribution in [3.8, 4) is 0 Å². The van der Waals surface area contributed by atoms with Crippen molar-refractivity contribution in [2.45, 2.75) is 0 Å².